The fraction of sp³-hybridized carbons (Fsp3) is 0.375. The Labute approximate surface area is 126 Å². The maximum atomic E-state index is 5.13. The quantitative estimate of drug-likeness (QED) is 0.848. The Hall–Kier alpha value is -2.14. The Bertz CT molecular complexity index is 559. The average molecular weight is 286 g/mol. The molecule has 0 fully saturated rings. The molecule has 2 aromatic rings. The van der Waals surface area contributed by atoms with Crippen molar-refractivity contribution in [2.45, 2.75) is 6.92 Å². The molecule has 0 aliphatic heterocycles. The largest absolute Gasteiger partial charge is 0.383 e. The van der Waals surface area contributed by atoms with Crippen LogP contribution < -0.4 is 10.2 Å². The molecule has 1 aromatic carbocycles. The van der Waals surface area contributed by atoms with Crippen LogP contribution in [-0.2, 0) is 4.74 Å². The van der Waals surface area contributed by atoms with E-state index in [9.17, 15) is 0 Å². The lowest BCUT2D eigenvalue weighted by Gasteiger charge is -2.19. The third kappa shape index (κ3) is 4.16. The van der Waals surface area contributed by atoms with Crippen molar-refractivity contribution in [2.24, 2.45) is 0 Å². The van der Waals surface area contributed by atoms with E-state index in [0.29, 0.717) is 6.61 Å². The topological polar surface area (TPSA) is 50.3 Å². The zero-order chi connectivity index (χ0) is 15.1. The van der Waals surface area contributed by atoms with Crippen molar-refractivity contribution in [1.82, 2.24) is 9.97 Å². The number of aromatic nitrogens is 2. The number of likely N-dealkylation sites (N-methyl/N-ethyl adjacent to an activating group) is 1. The SMILES string of the molecule is CCNc1cc(N(C)CCOC)nc(-c2ccccc2)n1. The number of rotatable bonds is 7. The van der Waals surface area contributed by atoms with Crippen LogP contribution in [0.5, 0.6) is 0 Å². The molecule has 0 saturated carbocycles. The van der Waals surface area contributed by atoms with Gasteiger partial charge in [0.05, 0.1) is 6.61 Å². The molecule has 5 heteroatoms. The van der Waals surface area contributed by atoms with E-state index in [1.54, 1.807) is 7.11 Å². The van der Waals surface area contributed by atoms with Crippen LogP contribution in [0.2, 0.25) is 0 Å². The van der Waals surface area contributed by atoms with Crippen molar-refractivity contribution < 1.29 is 4.74 Å². The summed E-state index contributed by atoms with van der Waals surface area (Å²) in [5, 5.41) is 3.26. The molecular formula is C16H22N4O. The van der Waals surface area contributed by atoms with E-state index in [1.807, 2.05) is 43.4 Å². The van der Waals surface area contributed by atoms with Crippen LogP contribution in [-0.4, -0.2) is 43.8 Å². The number of ether oxygens (including phenoxy) is 1. The highest BCUT2D eigenvalue weighted by atomic mass is 16.5. The Balaban J connectivity index is 2.34. The molecule has 5 nitrogen and oxygen atoms in total. The van der Waals surface area contributed by atoms with Crippen molar-refractivity contribution in [2.75, 3.05) is 44.1 Å². The molecular weight excluding hydrogens is 264 g/mol. The smallest absolute Gasteiger partial charge is 0.163 e. The Morgan fingerprint density at radius 2 is 1.95 bits per heavy atom. The van der Waals surface area contributed by atoms with Gasteiger partial charge in [0.15, 0.2) is 5.82 Å². The number of hydrogen-bond acceptors (Lipinski definition) is 5. The molecule has 0 aliphatic rings. The minimum absolute atomic E-state index is 0.664. The van der Waals surface area contributed by atoms with Gasteiger partial charge in [0.2, 0.25) is 0 Å². The summed E-state index contributed by atoms with van der Waals surface area (Å²) in [6.45, 7) is 4.33. The van der Waals surface area contributed by atoms with Crippen molar-refractivity contribution >= 4 is 11.6 Å². The van der Waals surface area contributed by atoms with Gasteiger partial charge in [-0.1, -0.05) is 30.3 Å². The van der Waals surface area contributed by atoms with Gasteiger partial charge in [-0.3, -0.25) is 0 Å². The molecule has 0 amide bonds. The van der Waals surface area contributed by atoms with Crippen molar-refractivity contribution in [3.05, 3.63) is 36.4 Å². The van der Waals surface area contributed by atoms with Crippen LogP contribution in [0.25, 0.3) is 11.4 Å². The number of hydrogen-bond donors (Lipinski definition) is 1. The predicted molar refractivity (Wildman–Crippen MR) is 86.8 cm³/mol. The first-order valence-corrected chi connectivity index (χ1v) is 7.13. The standard InChI is InChI=1S/C16H22N4O/c1-4-17-14-12-15(20(2)10-11-21-3)19-16(18-14)13-8-6-5-7-9-13/h5-9,12H,4,10-11H2,1-3H3,(H,17,18,19). The summed E-state index contributed by atoms with van der Waals surface area (Å²) in [5.74, 6) is 2.45. The molecule has 0 saturated heterocycles. The minimum Gasteiger partial charge on any atom is -0.383 e. The highest BCUT2D eigenvalue weighted by Gasteiger charge is 2.09. The second-order valence-electron chi connectivity index (χ2n) is 4.75. The van der Waals surface area contributed by atoms with Gasteiger partial charge in [0.25, 0.3) is 0 Å². The van der Waals surface area contributed by atoms with E-state index in [-0.39, 0.29) is 0 Å². The minimum atomic E-state index is 0.664. The zero-order valence-electron chi connectivity index (χ0n) is 12.8. The summed E-state index contributed by atoms with van der Waals surface area (Å²) < 4.78 is 5.13. The van der Waals surface area contributed by atoms with Gasteiger partial charge in [-0.2, -0.15) is 0 Å². The molecule has 0 radical (unpaired) electrons. The molecule has 1 heterocycles. The van der Waals surface area contributed by atoms with Crippen LogP contribution in [0, 0.1) is 0 Å². The van der Waals surface area contributed by atoms with Gasteiger partial charge in [0.1, 0.15) is 11.6 Å². The Morgan fingerprint density at radius 1 is 1.19 bits per heavy atom. The van der Waals surface area contributed by atoms with Gasteiger partial charge in [0, 0.05) is 38.9 Å². The molecule has 0 unspecified atom stereocenters. The first kappa shape index (κ1) is 15.3. The molecule has 0 aliphatic carbocycles. The van der Waals surface area contributed by atoms with Crippen molar-refractivity contribution in [3.8, 4) is 11.4 Å². The van der Waals surface area contributed by atoms with Gasteiger partial charge in [-0.05, 0) is 6.92 Å². The molecule has 0 spiro atoms. The van der Waals surface area contributed by atoms with Crippen molar-refractivity contribution in [1.29, 1.82) is 0 Å². The maximum Gasteiger partial charge on any atom is 0.163 e. The molecule has 1 N–H and O–H groups in total. The normalized spacial score (nSPS) is 10.4. The van der Waals surface area contributed by atoms with Gasteiger partial charge in [-0.25, -0.2) is 9.97 Å². The molecule has 0 atom stereocenters. The number of nitrogens with one attached hydrogen (secondary N) is 1. The van der Waals surface area contributed by atoms with Crippen LogP contribution in [0.3, 0.4) is 0 Å². The maximum absolute atomic E-state index is 5.13. The number of nitrogens with zero attached hydrogens (tertiary/aromatic N) is 3. The van der Waals surface area contributed by atoms with Gasteiger partial charge >= 0.3 is 0 Å². The Morgan fingerprint density at radius 3 is 2.62 bits per heavy atom. The number of methoxy groups -OCH3 is 1. The van der Waals surface area contributed by atoms with Gasteiger partial charge in [-0.15, -0.1) is 0 Å². The highest BCUT2D eigenvalue weighted by Crippen LogP contribution is 2.21. The van der Waals surface area contributed by atoms with E-state index >= 15 is 0 Å². The van der Waals surface area contributed by atoms with E-state index in [4.69, 9.17) is 4.74 Å². The second-order valence-corrected chi connectivity index (χ2v) is 4.75. The monoisotopic (exact) mass is 286 g/mol. The van der Waals surface area contributed by atoms with Crippen LogP contribution in [0.15, 0.2) is 36.4 Å². The lowest BCUT2D eigenvalue weighted by molar-refractivity contribution is 0.206. The summed E-state index contributed by atoms with van der Waals surface area (Å²) >= 11 is 0. The third-order valence-electron chi connectivity index (χ3n) is 3.12. The van der Waals surface area contributed by atoms with E-state index in [0.717, 1.165) is 36.1 Å². The average Bonchev–Trinajstić information content (AvgIpc) is 2.53. The second kappa shape index (κ2) is 7.59. The number of benzene rings is 1. The van der Waals surface area contributed by atoms with Crippen LogP contribution >= 0.6 is 0 Å². The summed E-state index contributed by atoms with van der Waals surface area (Å²) in [4.78, 5) is 11.3. The van der Waals surface area contributed by atoms with E-state index in [1.165, 1.54) is 0 Å². The molecule has 1 aromatic heterocycles. The summed E-state index contributed by atoms with van der Waals surface area (Å²) in [5.41, 5.74) is 1.01. The lowest BCUT2D eigenvalue weighted by atomic mass is 10.2. The van der Waals surface area contributed by atoms with Crippen molar-refractivity contribution in [3.63, 3.8) is 0 Å². The molecule has 2 rings (SSSR count). The lowest BCUT2D eigenvalue weighted by Crippen LogP contribution is -2.23. The number of anilines is 2. The summed E-state index contributed by atoms with van der Waals surface area (Å²) in [6, 6.07) is 12.0. The van der Waals surface area contributed by atoms with E-state index < -0.39 is 0 Å². The zero-order valence-corrected chi connectivity index (χ0v) is 12.8. The van der Waals surface area contributed by atoms with Gasteiger partial charge < -0.3 is 15.0 Å². The summed E-state index contributed by atoms with van der Waals surface area (Å²) in [6.07, 6.45) is 0. The third-order valence-corrected chi connectivity index (χ3v) is 3.12. The molecule has 21 heavy (non-hydrogen) atoms. The fourth-order valence-corrected chi connectivity index (χ4v) is 1.96. The first-order chi connectivity index (χ1) is 10.2. The molecule has 0 bridgehead atoms. The van der Waals surface area contributed by atoms with Crippen LogP contribution in [0.1, 0.15) is 6.92 Å². The van der Waals surface area contributed by atoms with E-state index in [2.05, 4.69) is 27.1 Å². The molecule has 112 valence electrons. The first-order valence-electron chi connectivity index (χ1n) is 7.13. The Kier molecular flexibility index (Phi) is 5.51. The predicted octanol–water partition coefficient (Wildman–Crippen LogP) is 2.66. The summed E-state index contributed by atoms with van der Waals surface area (Å²) in [7, 11) is 3.71. The fourth-order valence-electron chi connectivity index (χ4n) is 1.96. The van der Waals surface area contributed by atoms with Crippen LogP contribution in [0.4, 0.5) is 11.6 Å². The highest BCUT2D eigenvalue weighted by molar-refractivity contribution is 5.61.